The van der Waals surface area contributed by atoms with E-state index in [0.717, 1.165) is 50.3 Å². The third kappa shape index (κ3) is 3.43. The summed E-state index contributed by atoms with van der Waals surface area (Å²) in [7, 11) is 0. The summed E-state index contributed by atoms with van der Waals surface area (Å²) in [6.07, 6.45) is -3.27. The maximum absolute atomic E-state index is 12.6. The van der Waals surface area contributed by atoms with Crippen LogP contribution in [0.5, 0.6) is 0 Å². The van der Waals surface area contributed by atoms with Crippen LogP contribution in [0.25, 0.3) is 0 Å². The standard InChI is InChI=1S/C15H21F3N4/c16-15(17,18)12-3-1-10(2-4-12)14-11(7-20-21-14)8-22-6-5-13(19)9-22/h1-4,11,13-14,20-21H,5-9,19H2/t11?,13-,14?/m1/s1. The summed E-state index contributed by atoms with van der Waals surface area (Å²) in [4.78, 5) is 2.33. The van der Waals surface area contributed by atoms with Crippen molar-refractivity contribution in [3.8, 4) is 0 Å². The Morgan fingerprint density at radius 1 is 1.23 bits per heavy atom. The molecule has 0 saturated carbocycles. The quantitative estimate of drug-likeness (QED) is 0.791. The van der Waals surface area contributed by atoms with Gasteiger partial charge in [0, 0.05) is 31.6 Å². The van der Waals surface area contributed by atoms with E-state index in [1.165, 1.54) is 0 Å². The highest BCUT2D eigenvalue weighted by atomic mass is 19.4. The van der Waals surface area contributed by atoms with Crippen molar-refractivity contribution in [2.24, 2.45) is 11.7 Å². The molecule has 0 radical (unpaired) electrons. The lowest BCUT2D eigenvalue weighted by Gasteiger charge is -2.24. The van der Waals surface area contributed by atoms with Crippen molar-refractivity contribution in [3.63, 3.8) is 0 Å². The molecule has 2 heterocycles. The second-order valence-electron chi connectivity index (χ2n) is 6.19. The summed E-state index contributed by atoms with van der Waals surface area (Å²) >= 11 is 0. The summed E-state index contributed by atoms with van der Waals surface area (Å²) in [5.74, 6) is 0.321. The molecule has 122 valence electrons. The van der Waals surface area contributed by atoms with Crippen molar-refractivity contribution < 1.29 is 13.2 Å². The molecule has 0 spiro atoms. The Morgan fingerprint density at radius 3 is 2.55 bits per heavy atom. The Bertz CT molecular complexity index is 503. The highest BCUT2D eigenvalue weighted by Crippen LogP contribution is 2.32. The SMILES string of the molecule is N[C@@H]1CCN(CC2CNNC2c2ccc(C(F)(F)F)cc2)C1. The molecule has 2 aliphatic rings. The zero-order valence-corrected chi connectivity index (χ0v) is 12.2. The highest BCUT2D eigenvalue weighted by Gasteiger charge is 2.33. The molecule has 3 rings (SSSR count). The molecule has 2 saturated heterocycles. The maximum Gasteiger partial charge on any atom is 0.416 e. The first-order valence-electron chi connectivity index (χ1n) is 7.57. The fourth-order valence-corrected chi connectivity index (χ4v) is 3.30. The molecular weight excluding hydrogens is 293 g/mol. The van der Waals surface area contributed by atoms with Crippen LogP contribution in [0.4, 0.5) is 13.2 Å². The van der Waals surface area contributed by atoms with E-state index < -0.39 is 11.7 Å². The van der Waals surface area contributed by atoms with Crippen LogP contribution in [0.2, 0.25) is 0 Å². The van der Waals surface area contributed by atoms with E-state index in [9.17, 15) is 13.2 Å². The molecule has 2 unspecified atom stereocenters. The van der Waals surface area contributed by atoms with E-state index in [0.29, 0.717) is 5.92 Å². The second-order valence-corrected chi connectivity index (χ2v) is 6.19. The summed E-state index contributed by atoms with van der Waals surface area (Å²) < 4.78 is 37.9. The molecule has 7 heteroatoms. The molecule has 0 bridgehead atoms. The van der Waals surface area contributed by atoms with Crippen molar-refractivity contribution in [2.75, 3.05) is 26.2 Å². The number of nitrogens with one attached hydrogen (secondary N) is 2. The van der Waals surface area contributed by atoms with Gasteiger partial charge in [-0.15, -0.1) is 0 Å². The number of nitrogens with zero attached hydrogens (tertiary/aromatic N) is 1. The molecule has 0 amide bonds. The number of hydrogen-bond acceptors (Lipinski definition) is 4. The molecular formula is C15H21F3N4. The predicted molar refractivity (Wildman–Crippen MR) is 77.8 cm³/mol. The van der Waals surface area contributed by atoms with Crippen molar-refractivity contribution in [1.82, 2.24) is 15.8 Å². The summed E-state index contributed by atoms with van der Waals surface area (Å²) in [5, 5.41) is 0. The Labute approximate surface area is 127 Å². The molecule has 4 nitrogen and oxygen atoms in total. The lowest BCUT2D eigenvalue weighted by molar-refractivity contribution is -0.137. The van der Waals surface area contributed by atoms with Crippen LogP contribution in [0.15, 0.2) is 24.3 Å². The monoisotopic (exact) mass is 314 g/mol. The zero-order valence-electron chi connectivity index (χ0n) is 12.2. The third-order valence-electron chi connectivity index (χ3n) is 4.49. The van der Waals surface area contributed by atoms with E-state index in [1.807, 2.05) is 0 Å². The molecule has 0 aliphatic carbocycles. The van der Waals surface area contributed by atoms with Gasteiger partial charge in [-0.25, -0.2) is 5.43 Å². The minimum atomic E-state index is -4.29. The van der Waals surface area contributed by atoms with Crippen molar-refractivity contribution in [1.29, 1.82) is 0 Å². The van der Waals surface area contributed by atoms with Crippen LogP contribution in [0, 0.1) is 5.92 Å². The predicted octanol–water partition coefficient (Wildman–Crippen LogP) is 1.50. The zero-order chi connectivity index (χ0) is 15.7. The molecule has 3 atom stereocenters. The number of hydrogen-bond donors (Lipinski definition) is 3. The van der Waals surface area contributed by atoms with E-state index in [-0.39, 0.29) is 12.1 Å². The molecule has 0 aromatic heterocycles. The van der Waals surface area contributed by atoms with Crippen LogP contribution >= 0.6 is 0 Å². The lowest BCUT2D eigenvalue weighted by atomic mass is 9.94. The summed E-state index contributed by atoms with van der Waals surface area (Å²) in [6.45, 7) is 3.60. The van der Waals surface area contributed by atoms with Gasteiger partial charge in [0.05, 0.1) is 11.6 Å². The van der Waals surface area contributed by atoms with Crippen LogP contribution in [0.1, 0.15) is 23.6 Å². The van der Waals surface area contributed by atoms with Gasteiger partial charge in [-0.2, -0.15) is 13.2 Å². The molecule has 22 heavy (non-hydrogen) atoms. The average molecular weight is 314 g/mol. The van der Waals surface area contributed by atoms with Crippen molar-refractivity contribution in [3.05, 3.63) is 35.4 Å². The number of benzene rings is 1. The number of alkyl halides is 3. The van der Waals surface area contributed by atoms with Crippen LogP contribution in [-0.2, 0) is 6.18 Å². The van der Waals surface area contributed by atoms with E-state index >= 15 is 0 Å². The Morgan fingerprint density at radius 2 is 1.95 bits per heavy atom. The molecule has 1 aromatic carbocycles. The normalized spacial score (nSPS) is 30.1. The summed E-state index contributed by atoms with van der Waals surface area (Å²) in [6, 6.07) is 5.70. The molecule has 4 N–H and O–H groups in total. The molecule has 2 aliphatic heterocycles. The van der Waals surface area contributed by atoms with Crippen molar-refractivity contribution in [2.45, 2.75) is 24.7 Å². The smallest absolute Gasteiger partial charge is 0.326 e. The van der Waals surface area contributed by atoms with Crippen LogP contribution in [0.3, 0.4) is 0 Å². The number of rotatable bonds is 3. The van der Waals surface area contributed by atoms with E-state index in [2.05, 4.69) is 15.8 Å². The minimum absolute atomic E-state index is 0.0270. The lowest BCUT2D eigenvalue weighted by Crippen LogP contribution is -2.33. The van der Waals surface area contributed by atoms with Gasteiger partial charge in [0.1, 0.15) is 0 Å². The number of likely N-dealkylation sites (tertiary alicyclic amines) is 1. The maximum atomic E-state index is 12.6. The second kappa shape index (κ2) is 6.16. The van der Waals surface area contributed by atoms with E-state index in [1.54, 1.807) is 12.1 Å². The number of hydrazine groups is 1. The Hall–Kier alpha value is -1.15. The first kappa shape index (κ1) is 15.7. The highest BCUT2D eigenvalue weighted by molar-refractivity contribution is 5.27. The first-order valence-corrected chi connectivity index (χ1v) is 7.57. The number of halogens is 3. The fourth-order valence-electron chi connectivity index (χ4n) is 3.30. The Balaban J connectivity index is 1.67. The van der Waals surface area contributed by atoms with Gasteiger partial charge in [0.2, 0.25) is 0 Å². The topological polar surface area (TPSA) is 53.3 Å². The largest absolute Gasteiger partial charge is 0.416 e. The van der Waals surface area contributed by atoms with Gasteiger partial charge in [0.25, 0.3) is 0 Å². The van der Waals surface area contributed by atoms with E-state index in [4.69, 9.17) is 5.73 Å². The van der Waals surface area contributed by atoms with Crippen LogP contribution in [-0.4, -0.2) is 37.1 Å². The van der Waals surface area contributed by atoms with Gasteiger partial charge in [-0.1, -0.05) is 12.1 Å². The Kier molecular flexibility index (Phi) is 4.40. The minimum Gasteiger partial charge on any atom is -0.326 e. The number of nitrogens with two attached hydrogens (primary N) is 1. The molecule has 1 aromatic rings. The van der Waals surface area contributed by atoms with Gasteiger partial charge in [-0.05, 0) is 30.7 Å². The fraction of sp³-hybridized carbons (Fsp3) is 0.600. The van der Waals surface area contributed by atoms with Crippen LogP contribution < -0.4 is 16.6 Å². The third-order valence-corrected chi connectivity index (χ3v) is 4.49. The molecule has 2 fully saturated rings. The first-order chi connectivity index (χ1) is 10.4. The van der Waals surface area contributed by atoms with Crippen molar-refractivity contribution >= 4 is 0 Å². The van der Waals surface area contributed by atoms with Gasteiger partial charge >= 0.3 is 6.18 Å². The summed E-state index contributed by atoms with van der Waals surface area (Å²) in [5.41, 5.74) is 12.5. The van der Waals surface area contributed by atoms with Gasteiger partial charge in [0.15, 0.2) is 0 Å². The van der Waals surface area contributed by atoms with Gasteiger partial charge < -0.3 is 10.6 Å². The average Bonchev–Trinajstić information content (AvgIpc) is 3.08. The van der Waals surface area contributed by atoms with Gasteiger partial charge in [-0.3, -0.25) is 5.43 Å².